The summed E-state index contributed by atoms with van der Waals surface area (Å²) in [5, 5.41) is 0. The van der Waals surface area contributed by atoms with Gasteiger partial charge < -0.3 is 4.74 Å². The number of hydrogen-bond acceptors (Lipinski definition) is 4. The average Bonchev–Trinajstić information content (AvgIpc) is 2.24. The van der Waals surface area contributed by atoms with Crippen LogP contribution in [0.4, 0.5) is 0 Å². The van der Waals surface area contributed by atoms with E-state index >= 15 is 0 Å². The summed E-state index contributed by atoms with van der Waals surface area (Å²) >= 11 is 0. The topological polar surface area (TPSA) is 44.8 Å². The van der Waals surface area contributed by atoms with E-state index < -0.39 is 5.97 Å². The van der Waals surface area contributed by atoms with Gasteiger partial charge in [-0.2, -0.15) is 4.89 Å². The molecule has 0 aromatic carbocycles. The van der Waals surface area contributed by atoms with Crippen molar-refractivity contribution >= 4 is 5.97 Å². The molecule has 0 bridgehead atoms. The summed E-state index contributed by atoms with van der Waals surface area (Å²) < 4.78 is 5.42. The first-order chi connectivity index (χ1) is 8.62. The Morgan fingerprint density at radius 1 is 1.26 bits per heavy atom. The van der Waals surface area contributed by atoms with E-state index in [9.17, 15) is 4.79 Å². The Morgan fingerprint density at radius 3 is 2.26 bits per heavy atom. The number of carbonyl (C=O) groups is 1. The van der Waals surface area contributed by atoms with E-state index in [2.05, 4.69) is 41.2 Å². The van der Waals surface area contributed by atoms with E-state index in [1.807, 2.05) is 6.92 Å². The van der Waals surface area contributed by atoms with Crippen molar-refractivity contribution in [1.29, 1.82) is 0 Å². The molecule has 112 valence electrons. The van der Waals surface area contributed by atoms with Crippen LogP contribution in [-0.2, 0) is 19.3 Å². The van der Waals surface area contributed by atoms with Crippen LogP contribution >= 0.6 is 0 Å². The highest BCUT2D eigenvalue weighted by molar-refractivity contribution is 5.80. The summed E-state index contributed by atoms with van der Waals surface area (Å²) in [7, 11) is 0. The van der Waals surface area contributed by atoms with Gasteiger partial charge in [0.25, 0.3) is 0 Å². The number of rotatable bonds is 8. The second kappa shape index (κ2) is 7.65. The number of carbonyl (C=O) groups excluding carboxylic acids is 1. The Hall–Kier alpha value is -0.870. The molecule has 19 heavy (non-hydrogen) atoms. The normalized spacial score (nSPS) is 14.0. The van der Waals surface area contributed by atoms with Crippen LogP contribution in [0.15, 0.2) is 12.7 Å². The Bertz CT molecular complexity index is 289. The van der Waals surface area contributed by atoms with Crippen LogP contribution in [0.3, 0.4) is 0 Å². The van der Waals surface area contributed by atoms with Gasteiger partial charge in [0.05, 0.1) is 6.61 Å². The minimum absolute atomic E-state index is 0.153. The van der Waals surface area contributed by atoms with Crippen molar-refractivity contribution in [1.82, 2.24) is 0 Å². The summed E-state index contributed by atoms with van der Waals surface area (Å²) in [6.45, 7) is 16.9. The van der Waals surface area contributed by atoms with Crippen LogP contribution in [0.5, 0.6) is 0 Å². The SMILES string of the molecule is C=CC(=O)OOC(COCC)C(C)(C)CC(C)(C)C. The molecular weight excluding hydrogens is 244 g/mol. The monoisotopic (exact) mass is 272 g/mol. The third-order valence-electron chi connectivity index (χ3n) is 2.74. The smallest absolute Gasteiger partial charge is 0.365 e. The highest BCUT2D eigenvalue weighted by atomic mass is 17.2. The van der Waals surface area contributed by atoms with E-state index in [4.69, 9.17) is 14.5 Å². The molecule has 0 saturated heterocycles. The van der Waals surface area contributed by atoms with Gasteiger partial charge in [-0.3, -0.25) is 4.89 Å². The van der Waals surface area contributed by atoms with Gasteiger partial charge in [0, 0.05) is 12.7 Å². The summed E-state index contributed by atoms with van der Waals surface area (Å²) in [5.41, 5.74) is -0.0192. The van der Waals surface area contributed by atoms with Gasteiger partial charge in [-0.15, -0.1) is 0 Å². The molecular formula is C15H28O4. The predicted octanol–water partition coefficient (Wildman–Crippen LogP) is 3.51. The average molecular weight is 272 g/mol. The first kappa shape index (κ1) is 18.1. The molecule has 0 aliphatic rings. The predicted molar refractivity (Wildman–Crippen MR) is 75.5 cm³/mol. The van der Waals surface area contributed by atoms with Crippen LogP contribution in [0.25, 0.3) is 0 Å². The maximum absolute atomic E-state index is 11.1. The van der Waals surface area contributed by atoms with Crippen LogP contribution in [0.2, 0.25) is 0 Å². The zero-order valence-electron chi connectivity index (χ0n) is 13.1. The first-order valence-corrected chi connectivity index (χ1v) is 6.70. The van der Waals surface area contributed by atoms with E-state index in [-0.39, 0.29) is 16.9 Å². The zero-order valence-corrected chi connectivity index (χ0v) is 13.1. The number of ether oxygens (including phenoxy) is 1. The van der Waals surface area contributed by atoms with Gasteiger partial charge in [-0.05, 0) is 24.2 Å². The molecule has 0 spiro atoms. The largest absolute Gasteiger partial charge is 0.379 e. The highest BCUT2D eigenvalue weighted by Crippen LogP contribution is 2.37. The van der Waals surface area contributed by atoms with E-state index in [1.54, 1.807) is 0 Å². The van der Waals surface area contributed by atoms with Crippen molar-refractivity contribution in [2.45, 2.75) is 54.1 Å². The van der Waals surface area contributed by atoms with Crippen LogP contribution in [-0.4, -0.2) is 25.3 Å². The lowest BCUT2D eigenvalue weighted by molar-refractivity contribution is -0.320. The van der Waals surface area contributed by atoms with E-state index in [0.29, 0.717) is 13.2 Å². The maximum Gasteiger partial charge on any atom is 0.365 e. The second-order valence-electron chi connectivity index (χ2n) is 6.58. The Balaban J connectivity index is 4.70. The molecule has 0 fully saturated rings. The lowest BCUT2D eigenvalue weighted by Gasteiger charge is -2.37. The molecule has 0 heterocycles. The molecule has 1 atom stereocenters. The van der Waals surface area contributed by atoms with Crippen molar-refractivity contribution in [2.24, 2.45) is 10.8 Å². The van der Waals surface area contributed by atoms with Gasteiger partial charge in [-0.1, -0.05) is 41.2 Å². The summed E-state index contributed by atoms with van der Waals surface area (Å²) in [6.07, 6.45) is 1.69. The summed E-state index contributed by atoms with van der Waals surface area (Å²) in [4.78, 5) is 21.1. The fraction of sp³-hybridized carbons (Fsp3) is 0.800. The van der Waals surface area contributed by atoms with Gasteiger partial charge in [-0.25, -0.2) is 4.79 Å². The van der Waals surface area contributed by atoms with Gasteiger partial charge >= 0.3 is 5.97 Å². The third kappa shape index (κ3) is 8.01. The highest BCUT2D eigenvalue weighted by Gasteiger charge is 2.36. The Kier molecular flexibility index (Phi) is 7.30. The maximum atomic E-state index is 11.1. The quantitative estimate of drug-likeness (QED) is 0.385. The lowest BCUT2D eigenvalue weighted by atomic mass is 9.73. The molecule has 4 heteroatoms. The van der Waals surface area contributed by atoms with Gasteiger partial charge in [0.2, 0.25) is 0 Å². The Morgan fingerprint density at radius 2 is 1.84 bits per heavy atom. The first-order valence-electron chi connectivity index (χ1n) is 6.70. The minimum Gasteiger partial charge on any atom is -0.379 e. The van der Waals surface area contributed by atoms with Crippen LogP contribution in [0, 0.1) is 10.8 Å². The molecule has 0 saturated carbocycles. The molecule has 0 aliphatic heterocycles. The van der Waals surface area contributed by atoms with Gasteiger partial charge in [0.1, 0.15) is 6.10 Å². The molecule has 0 aromatic rings. The van der Waals surface area contributed by atoms with Crippen molar-refractivity contribution in [3.05, 3.63) is 12.7 Å². The lowest BCUT2D eigenvalue weighted by Crippen LogP contribution is -2.39. The Labute approximate surface area is 117 Å². The summed E-state index contributed by atoms with van der Waals surface area (Å²) in [5.74, 6) is -0.590. The minimum atomic E-state index is -0.590. The van der Waals surface area contributed by atoms with Crippen LogP contribution in [0.1, 0.15) is 48.0 Å². The fourth-order valence-electron chi connectivity index (χ4n) is 2.23. The van der Waals surface area contributed by atoms with Crippen molar-refractivity contribution in [3.8, 4) is 0 Å². The van der Waals surface area contributed by atoms with Crippen molar-refractivity contribution < 1.29 is 19.3 Å². The zero-order chi connectivity index (χ0) is 15.1. The fourth-order valence-corrected chi connectivity index (χ4v) is 2.23. The molecule has 1 unspecified atom stereocenters. The van der Waals surface area contributed by atoms with Crippen LogP contribution < -0.4 is 0 Å². The molecule has 0 aliphatic carbocycles. The van der Waals surface area contributed by atoms with Crippen molar-refractivity contribution in [3.63, 3.8) is 0 Å². The molecule has 0 radical (unpaired) electrons. The molecule has 0 aromatic heterocycles. The summed E-state index contributed by atoms with van der Waals surface area (Å²) in [6, 6.07) is 0. The number of hydrogen-bond donors (Lipinski definition) is 0. The molecule has 4 nitrogen and oxygen atoms in total. The second-order valence-corrected chi connectivity index (χ2v) is 6.58. The van der Waals surface area contributed by atoms with E-state index in [0.717, 1.165) is 12.5 Å². The molecule has 0 amide bonds. The third-order valence-corrected chi connectivity index (χ3v) is 2.74. The van der Waals surface area contributed by atoms with Gasteiger partial charge in [0.15, 0.2) is 0 Å². The molecule has 0 N–H and O–H groups in total. The molecule has 0 rings (SSSR count). The van der Waals surface area contributed by atoms with Crippen molar-refractivity contribution in [2.75, 3.05) is 13.2 Å². The van der Waals surface area contributed by atoms with E-state index in [1.165, 1.54) is 0 Å². The standard InChI is InChI=1S/C15H28O4/c1-8-13(16)19-18-12(10-17-9-2)15(6,7)11-14(3,4)5/h8,12H,1,9-11H2,2-7H3.